The van der Waals surface area contributed by atoms with Gasteiger partial charge in [0.25, 0.3) is 5.91 Å². The number of carbonyl (C=O) groups is 1. The van der Waals surface area contributed by atoms with E-state index in [1.165, 1.54) is 0 Å². The maximum atomic E-state index is 12.8. The Balaban J connectivity index is 1.47. The minimum Gasteiger partial charge on any atom is -0.497 e. The third kappa shape index (κ3) is 3.62. The van der Waals surface area contributed by atoms with E-state index in [4.69, 9.17) is 14.0 Å². The predicted molar refractivity (Wildman–Crippen MR) is 96.5 cm³/mol. The molecular formula is C20H19N3O4. The molecule has 3 aromatic rings. The van der Waals surface area contributed by atoms with Crippen molar-refractivity contribution in [1.82, 2.24) is 15.0 Å². The van der Waals surface area contributed by atoms with Crippen molar-refractivity contribution in [3.8, 4) is 11.5 Å². The number of aromatic nitrogens is 2. The molecule has 2 aromatic heterocycles. The van der Waals surface area contributed by atoms with Gasteiger partial charge in [-0.2, -0.15) is 0 Å². The Morgan fingerprint density at radius 2 is 2.07 bits per heavy atom. The second kappa shape index (κ2) is 7.49. The molecule has 138 valence electrons. The van der Waals surface area contributed by atoms with Crippen LogP contribution in [0.15, 0.2) is 53.3 Å². The lowest BCUT2D eigenvalue weighted by molar-refractivity contribution is 0.0728. The molecule has 0 saturated carbocycles. The number of ether oxygens (including phenoxy) is 2. The van der Waals surface area contributed by atoms with E-state index < -0.39 is 0 Å². The van der Waals surface area contributed by atoms with E-state index in [1.807, 2.05) is 12.1 Å². The molecule has 0 atom stereocenters. The topological polar surface area (TPSA) is 77.7 Å². The molecule has 7 heteroatoms. The maximum absolute atomic E-state index is 12.8. The van der Waals surface area contributed by atoms with Gasteiger partial charge in [0.1, 0.15) is 29.6 Å². The molecule has 3 heterocycles. The summed E-state index contributed by atoms with van der Waals surface area (Å²) in [7, 11) is 1.60. The molecule has 0 spiro atoms. The van der Waals surface area contributed by atoms with Crippen LogP contribution in [0.4, 0.5) is 0 Å². The van der Waals surface area contributed by atoms with Crippen LogP contribution in [0, 0.1) is 0 Å². The van der Waals surface area contributed by atoms with Crippen molar-refractivity contribution in [2.45, 2.75) is 19.6 Å². The second-order valence-electron chi connectivity index (χ2n) is 6.21. The van der Waals surface area contributed by atoms with Crippen molar-refractivity contribution < 1.29 is 18.8 Å². The molecule has 1 aliphatic heterocycles. The van der Waals surface area contributed by atoms with Gasteiger partial charge in [-0.3, -0.25) is 9.78 Å². The van der Waals surface area contributed by atoms with E-state index in [1.54, 1.807) is 48.7 Å². The van der Waals surface area contributed by atoms with Crippen LogP contribution in [-0.2, 0) is 19.6 Å². The van der Waals surface area contributed by atoms with E-state index in [9.17, 15) is 4.79 Å². The van der Waals surface area contributed by atoms with E-state index in [0.29, 0.717) is 36.5 Å². The number of rotatable bonds is 5. The van der Waals surface area contributed by atoms with Gasteiger partial charge in [-0.15, -0.1) is 0 Å². The number of fused-ring (bicyclic) bond motifs is 1. The SMILES string of the molecule is COc1ccc(C(=O)N2CCc3onc(COc4cccnc4)c3C2)cc1. The van der Waals surface area contributed by atoms with E-state index in [2.05, 4.69) is 10.1 Å². The fraction of sp³-hybridized carbons (Fsp3) is 0.250. The van der Waals surface area contributed by atoms with Gasteiger partial charge in [-0.1, -0.05) is 5.16 Å². The van der Waals surface area contributed by atoms with Crippen LogP contribution in [0.5, 0.6) is 11.5 Å². The Bertz CT molecular complexity index is 922. The molecule has 0 radical (unpaired) electrons. The van der Waals surface area contributed by atoms with Crippen LogP contribution in [0.3, 0.4) is 0 Å². The van der Waals surface area contributed by atoms with Gasteiger partial charge in [0.15, 0.2) is 0 Å². The number of nitrogens with zero attached hydrogens (tertiary/aromatic N) is 3. The van der Waals surface area contributed by atoms with Crippen molar-refractivity contribution >= 4 is 5.91 Å². The highest BCUT2D eigenvalue weighted by atomic mass is 16.5. The van der Waals surface area contributed by atoms with Gasteiger partial charge < -0.3 is 18.9 Å². The third-order valence-corrected chi connectivity index (χ3v) is 4.54. The average Bonchev–Trinajstić information content (AvgIpc) is 3.15. The zero-order chi connectivity index (χ0) is 18.6. The molecule has 0 N–H and O–H groups in total. The first kappa shape index (κ1) is 17.1. The van der Waals surface area contributed by atoms with E-state index in [-0.39, 0.29) is 12.5 Å². The van der Waals surface area contributed by atoms with Crippen molar-refractivity contribution in [3.05, 3.63) is 71.4 Å². The Kier molecular flexibility index (Phi) is 4.74. The minimum atomic E-state index is -0.0244. The van der Waals surface area contributed by atoms with Crippen LogP contribution in [0.25, 0.3) is 0 Å². The molecule has 4 rings (SSSR count). The van der Waals surface area contributed by atoms with Crippen LogP contribution < -0.4 is 9.47 Å². The molecule has 1 aromatic carbocycles. The summed E-state index contributed by atoms with van der Waals surface area (Å²) in [5, 5.41) is 4.13. The van der Waals surface area contributed by atoms with Crippen molar-refractivity contribution in [3.63, 3.8) is 0 Å². The van der Waals surface area contributed by atoms with Crippen LogP contribution in [0.2, 0.25) is 0 Å². The summed E-state index contributed by atoms with van der Waals surface area (Å²) < 4.78 is 16.3. The Morgan fingerprint density at radius 1 is 1.22 bits per heavy atom. The third-order valence-electron chi connectivity index (χ3n) is 4.54. The van der Waals surface area contributed by atoms with Gasteiger partial charge in [0.05, 0.1) is 19.9 Å². The summed E-state index contributed by atoms with van der Waals surface area (Å²) in [6.45, 7) is 1.32. The molecule has 0 saturated heterocycles. The van der Waals surface area contributed by atoms with Crippen LogP contribution in [0.1, 0.15) is 27.4 Å². The molecule has 7 nitrogen and oxygen atoms in total. The lowest BCUT2D eigenvalue weighted by Crippen LogP contribution is -2.35. The smallest absolute Gasteiger partial charge is 0.254 e. The van der Waals surface area contributed by atoms with Gasteiger partial charge in [0.2, 0.25) is 0 Å². The monoisotopic (exact) mass is 365 g/mol. The second-order valence-corrected chi connectivity index (χ2v) is 6.21. The molecule has 27 heavy (non-hydrogen) atoms. The predicted octanol–water partition coefficient (Wildman–Crippen LogP) is 2.86. The Morgan fingerprint density at radius 3 is 2.81 bits per heavy atom. The lowest BCUT2D eigenvalue weighted by Gasteiger charge is -2.26. The first-order chi connectivity index (χ1) is 13.2. The summed E-state index contributed by atoms with van der Waals surface area (Å²) >= 11 is 0. The van der Waals surface area contributed by atoms with E-state index in [0.717, 1.165) is 17.1 Å². The molecule has 1 aliphatic rings. The number of carbonyl (C=O) groups excluding carboxylic acids is 1. The largest absolute Gasteiger partial charge is 0.497 e. The van der Waals surface area contributed by atoms with Crippen molar-refractivity contribution in [2.24, 2.45) is 0 Å². The summed E-state index contributed by atoms with van der Waals surface area (Å²) in [5.41, 5.74) is 2.26. The summed E-state index contributed by atoms with van der Waals surface area (Å²) in [6.07, 6.45) is 3.97. The first-order valence-corrected chi connectivity index (χ1v) is 8.67. The molecule has 0 fully saturated rings. The van der Waals surface area contributed by atoms with Gasteiger partial charge in [-0.25, -0.2) is 0 Å². The van der Waals surface area contributed by atoms with Crippen molar-refractivity contribution in [2.75, 3.05) is 13.7 Å². The fourth-order valence-electron chi connectivity index (χ4n) is 3.05. The van der Waals surface area contributed by atoms with Crippen LogP contribution in [-0.4, -0.2) is 34.6 Å². The summed E-state index contributed by atoms with van der Waals surface area (Å²) in [6, 6.07) is 10.8. The lowest BCUT2D eigenvalue weighted by atomic mass is 10.0. The van der Waals surface area contributed by atoms with Gasteiger partial charge in [0, 0.05) is 30.3 Å². The highest BCUT2D eigenvalue weighted by Gasteiger charge is 2.27. The first-order valence-electron chi connectivity index (χ1n) is 8.67. The zero-order valence-corrected chi connectivity index (χ0v) is 14.9. The molecule has 0 aliphatic carbocycles. The highest BCUT2D eigenvalue weighted by molar-refractivity contribution is 5.94. The van der Waals surface area contributed by atoms with Gasteiger partial charge in [-0.05, 0) is 36.4 Å². The number of pyridine rings is 1. The fourth-order valence-corrected chi connectivity index (χ4v) is 3.05. The zero-order valence-electron chi connectivity index (χ0n) is 14.9. The number of hydrogen-bond donors (Lipinski definition) is 0. The number of amides is 1. The number of benzene rings is 1. The molecule has 1 amide bonds. The Hall–Kier alpha value is -3.35. The van der Waals surface area contributed by atoms with Crippen LogP contribution >= 0.6 is 0 Å². The van der Waals surface area contributed by atoms with Crippen molar-refractivity contribution in [1.29, 1.82) is 0 Å². The molecule has 0 bridgehead atoms. The normalized spacial score (nSPS) is 13.1. The molecule has 0 unspecified atom stereocenters. The van der Waals surface area contributed by atoms with E-state index >= 15 is 0 Å². The molecular weight excluding hydrogens is 346 g/mol. The number of methoxy groups -OCH3 is 1. The average molecular weight is 365 g/mol. The summed E-state index contributed by atoms with van der Waals surface area (Å²) in [5.74, 6) is 2.18. The summed E-state index contributed by atoms with van der Waals surface area (Å²) in [4.78, 5) is 18.6. The maximum Gasteiger partial charge on any atom is 0.254 e. The highest BCUT2D eigenvalue weighted by Crippen LogP contribution is 2.25. The van der Waals surface area contributed by atoms with Gasteiger partial charge >= 0.3 is 0 Å². The Labute approximate surface area is 156 Å². The standard InChI is InChI=1S/C20H19N3O4/c1-25-15-6-4-14(5-7-15)20(24)23-10-8-19-17(12-23)18(22-27-19)13-26-16-3-2-9-21-11-16/h2-7,9,11H,8,10,12-13H2,1H3. The number of hydrogen-bond acceptors (Lipinski definition) is 6. The quantitative estimate of drug-likeness (QED) is 0.692. The minimum absolute atomic E-state index is 0.0244.